The van der Waals surface area contributed by atoms with Gasteiger partial charge in [0, 0.05) is 6.54 Å². The van der Waals surface area contributed by atoms with Gasteiger partial charge in [0.05, 0.1) is 13.0 Å². The third kappa shape index (κ3) is 4.93. The number of benzene rings is 2. The van der Waals surface area contributed by atoms with Gasteiger partial charge < -0.3 is 15.5 Å². The summed E-state index contributed by atoms with van der Waals surface area (Å²) in [6.07, 6.45) is 1.07. The van der Waals surface area contributed by atoms with Crippen molar-refractivity contribution in [2.75, 3.05) is 6.54 Å². The molecule has 0 radical (unpaired) electrons. The minimum atomic E-state index is -0.0346. The molecule has 0 aliphatic carbocycles. The lowest BCUT2D eigenvalue weighted by Gasteiger charge is -2.06. The number of rotatable bonds is 6. The second-order valence-electron chi connectivity index (χ2n) is 4.92. The highest BCUT2D eigenvalue weighted by atomic mass is 16.3. The van der Waals surface area contributed by atoms with Crippen LogP contribution in [0.4, 0.5) is 0 Å². The number of aromatic hydroxyl groups is 1. The van der Waals surface area contributed by atoms with E-state index in [1.165, 1.54) is 0 Å². The molecule has 0 aliphatic rings. The number of phenols is 1. The average molecular weight is 285 g/mol. The monoisotopic (exact) mass is 285 g/mol. The molecular weight excluding hydrogens is 266 g/mol. The lowest BCUT2D eigenvalue weighted by molar-refractivity contribution is -0.120. The number of aliphatic hydroxyl groups excluding tert-OH is 1. The van der Waals surface area contributed by atoms with E-state index < -0.39 is 0 Å². The molecule has 21 heavy (non-hydrogen) atoms. The summed E-state index contributed by atoms with van der Waals surface area (Å²) in [4.78, 5) is 11.8. The number of hydrogen-bond acceptors (Lipinski definition) is 3. The second kappa shape index (κ2) is 7.45. The van der Waals surface area contributed by atoms with Gasteiger partial charge in [-0.05, 0) is 35.2 Å². The van der Waals surface area contributed by atoms with E-state index in [4.69, 9.17) is 5.11 Å². The van der Waals surface area contributed by atoms with Crippen LogP contribution < -0.4 is 5.32 Å². The summed E-state index contributed by atoms with van der Waals surface area (Å²) in [7, 11) is 0. The normalized spacial score (nSPS) is 10.3. The van der Waals surface area contributed by atoms with Crippen molar-refractivity contribution in [3.8, 4) is 5.75 Å². The number of carbonyl (C=O) groups excluding carboxylic acids is 1. The Balaban J connectivity index is 1.74. The zero-order chi connectivity index (χ0) is 15.1. The molecule has 0 spiro atoms. The van der Waals surface area contributed by atoms with Gasteiger partial charge in [0.15, 0.2) is 0 Å². The maximum absolute atomic E-state index is 11.8. The smallest absolute Gasteiger partial charge is 0.224 e. The van der Waals surface area contributed by atoms with Crippen LogP contribution in [0.3, 0.4) is 0 Å². The van der Waals surface area contributed by atoms with Crippen LogP contribution in [0.5, 0.6) is 5.75 Å². The van der Waals surface area contributed by atoms with Gasteiger partial charge in [0.2, 0.25) is 5.91 Å². The van der Waals surface area contributed by atoms with E-state index in [1.807, 2.05) is 24.3 Å². The Labute approximate surface area is 124 Å². The van der Waals surface area contributed by atoms with Gasteiger partial charge in [0.25, 0.3) is 0 Å². The molecule has 0 aliphatic heterocycles. The van der Waals surface area contributed by atoms with Gasteiger partial charge in [-0.15, -0.1) is 0 Å². The number of phenolic OH excluding ortho intramolecular Hbond substituents is 1. The minimum absolute atomic E-state index is 0.0346. The van der Waals surface area contributed by atoms with Gasteiger partial charge in [0.1, 0.15) is 5.75 Å². The first kappa shape index (κ1) is 15.1. The van der Waals surface area contributed by atoms with E-state index in [0.717, 1.165) is 23.1 Å². The molecule has 2 aromatic carbocycles. The van der Waals surface area contributed by atoms with Crippen molar-refractivity contribution in [1.82, 2.24) is 5.32 Å². The summed E-state index contributed by atoms with van der Waals surface area (Å²) < 4.78 is 0. The van der Waals surface area contributed by atoms with E-state index in [9.17, 15) is 9.90 Å². The summed E-state index contributed by atoms with van der Waals surface area (Å²) >= 11 is 0. The summed E-state index contributed by atoms with van der Waals surface area (Å²) in [5.74, 6) is 0.165. The van der Waals surface area contributed by atoms with Crippen molar-refractivity contribution in [3.05, 3.63) is 65.2 Å². The molecule has 0 saturated heterocycles. The van der Waals surface area contributed by atoms with E-state index in [0.29, 0.717) is 13.0 Å². The molecule has 0 bridgehead atoms. The van der Waals surface area contributed by atoms with Crippen LogP contribution in [0.25, 0.3) is 0 Å². The Morgan fingerprint density at radius 1 is 0.905 bits per heavy atom. The first-order valence-corrected chi connectivity index (χ1v) is 6.90. The fourth-order valence-corrected chi connectivity index (χ4v) is 2.02. The maximum atomic E-state index is 11.8. The van der Waals surface area contributed by atoms with Gasteiger partial charge >= 0.3 is 0 Å². The first-order valence-electron chi connectivity index (χ1n) is 6.90. The molecule has 1 amide bonds. The number of amides is 1. The topological polar surface area (TPSA) is 69.6 Å². The van der Waals surface area contributed by atoms with E-state index in [1.54, 1.807) is 24.3 Å². The Morgan fingerprint density at radius 2 is 1.48 bits per heavy atom. The molecule has 0 fully saturated rings. The quantitative estimate of drug-likeness (QED) is 0.758. The van der Waals surface area contributed by atoms with Gasteiger partial charge in [-0.3, -0.25) is 4.79 Å². The third-order valence-electron chi connectivity index (χ3n) is 3.24. The lowest BCUT2D eigenvalue weighted by atomic mass is 10.1. The Morgan fingerprint density at radius 3 is 2.10 bits per heavy atom. The summed E-state index contributed by atoms with van der Waals surface area (Å²) in [5.41, 5.74) is 2.88. The Kier molecular flexibility index (Phi) is 5.35. The predicted octanol–water partition coefficient (Wildman–Crippen LogP) is 1.79. The summed E-state index contributed by atoms with van der Waals surface area (Å²) in [6.45, 7) is 0.624. The second-order valence-corrected chi connectivity index (χ2v) is 4.92. The van der Waals surface area contributed by atoms with Crippen molar-refractivity contribution in [3.63, 3.8) is 0 Å². The third-order valence-corrected chi connectivity index (χ3v) is 3.24. The van der Waals surface area contributed by atoms with Gasteiger partial charge in [-0.2, -0.15) is 0 Å². The Bertz CT molecular complexity index is 576. The summed E-state index contributed by atoms with van der Waals surface area (Å²) in [5, 5.41) is 21.0. The molecule has 0 aromatic heterocycles. The van der Waals surface area contributed by atoms with Crippen LogP contribution in [0.2, 0.25) is 0 Å². The number of nitrogens with one attached hydrogen (secondary N) is 1. The molecule has 2 rings (SSSR count). The molecule has 0 atom stereocenters. The molecule has 4 nitrogen and oxygen atoms in total. The number of carbonyl (C=O) groups is 1. The first-order chi connectivity index (χ1) is 10.2. The average Bonchev–Trinajstić information content (AvgIpc) is 2.50. The molecule has 4 heteroatoms. The Hall–Kier alpha value is -2.33. The van der Waals surface area contributed by atoms with Crippen LogP contribution in [0.1, 0.15) is 16.7 Å². The molecule has 0 heterocycles. The molecule has 3 N–H and O–H groups in total. The lowest BCUT2D eigenvalue weighted by Crippen LogP contribution is -2.27. The van der Waals surface area contributed by atoms with Crippen LogP contribution >= 0.6 is 0 Å². The molecule has 110 valence electrons. The van der Waals surface area contributed by atoms with Crippen LogP contribution in [-0.4, -0.2) is 22.7 Å². The number of aliphatic hydroxyl groups is 1. The van der Waals surface area contributed by atoms with Gasteiger partial charge in [-0.25, -0.2) is 0 Å². The highest BCUT2D eigenvalue weighted by Crippen LogP contribution is 2.10. The van der Waals surface area contributed by atoms with Crippen molar-refractivity contribution in [2.45, 2.75) is 19.4 Å². The van der Waals surface area contributed by atoms with Crippen LogP contribution in [-0.2, 0) is 24.2 Å². The standard InChI is InChI=1S/C17H19NO3/c19-12-15-3-1-13(2-4-15)9-10-18-17(21)11-14-5-7-16(20)8-6-14/h1-8,19-20H,9-12H2,(H,18,21). The van der Waals surface area contributed by atoms with Crippen molar-refractivity contribution in [2.24, 2.45) is 0 Å². The van der Waals surface area contributed by atoms with Crippen molar-refractivity contribution in [1.29, 1.82) is 0 Å². The minimum Gasteiger partial charge on any atom is -0.508 e. The number of hydrogen-bond donors (Lipinski definition) is 3. The van der Waals surface area contributed by atoms with Crippen molar-refractivity contribution >= 4 is 5.91 Å². The molecule has 2 aromatic rings. The fourth-order valence-electron chi connectivity index (χ4n) is 2.02. The zero-order valence-corrected chi connectivity index (χ0v) is 11.7. The highest BCUT2D eigenvalue weighted by molar-refractivity contribution is 5.78. The molecule has 0 saturated carbocycles. The fraction of sp³-hybridized carbons (Fsp3) is 0.235. The predicted molar refractivity (Wildman–Crippen MR) is 80.9 cm³/mol. The van der Waals surface area contributed by atoms with E-state index in [2.05, 4.69) is 5.32 Å². The van der Waals surface area contributed by atoms with Crippen molar-refractivity contribution < 1.29 is 15.0 Å². The van der Waals surface area contributed by atoms with E-state index >= 15 is 0 Å². The SMILES string of the molecule is O=C(Cc1ccc(O)cc1)NCCc1ccc(CO)cc1. The largest absolute Gasteiger partial charge is 0.508 e. The maximum Gasteiger partial charge on any atom is 0.224 e. The molecular formula is C17H19NO3. The highest BCUT2D eigenvalue weighted by Gasteiger charge is 2.03. The summed E-state index contributed by atoms with van der Waals surface area (Å²) in [6, 6.07) is 14.3. The van der Waals surface area contributed by atoms with Crippen LogP contribution in [0.15, 0.2) is 48.5 Å². The van der Waals surface area contributed by atoms with Crippen LogP contribution in [0, 0.1) is 0 Å². The van der Waals surface area contributed by atoms with E-state index in [-0.39, 0.29) is 18.3 Å². The van der Waals surface area contributed by atoms with Gasteiger partial charge in [-0.1, -0.05) is 36.4 Å². The molecule has 0 unspecified atom stereocenters. The zero-order valence-electron chi connectivity index (χ0n) is 11.7.